The molecule has 3 amide bonds. The Morgan fingerprint density at radius 2 is 0.974 bits per heavy atom. The molecule has 1 heterocycles. The molecule has 0 aromatic heterocycles. The monoisotopic (exact) mass is 1100 g/mol. The average molecular weight is 1100 g/mol. The van der Waals surface area contributed by atoms with Gasteiger partial charge in [0.2, 0.25) is 17.7 Å². The lowest BCUT2D eigenvalue weighted by molar-refractivity contribution is -0.151. The van der Waals surface area contributed by atoms with Crippen molar-refractivity contribution in [3.05, 3.63) is 228 Å². The van der Waals surface area contributed by atoms with E-state index in [0.29, 0.717) is 12.2 Å². The molecule has 1 aliphatic rings. The van der Waals surface area contributed by atoms with Crippen LogP contribution < -0.4 is 16.0 Å². The van der Waals surface area contributed by atoms with Gasteiger partial charge in [0.1, 0.15) is 18.2 Å². The van der Waals surface area contributed by atoms with Gasteiger partial charge in [-0.05, 0) is 81.6 Å². The van der Waals surface area contributed by atoms with Crippen LogP contribution in [0.3, 0.4) is 0 Å². The van der Waals surface area contributed by atoms with Gasteiger partial charge in [0.05, 0.1) is 34.5 Å². The Bertz CT molecular complexity index is 2690. The zero-order valence-corrected chi connectivity index (χ0v) is 49.5. The van der Waals surface area contributed by atoms with Crippen molar-refractivity contribution in [3.8, 4) is 0 Å². The van der Waals surface area contributed by atoms with Crippen LogP contribution in [0.1, 0.15) is 101 Å². The van der Waals surface area contributed by atoms with Gasteiger partial charge in [-0.1, -0.05) is 237 Å². The van der Waals surface area contributed by atoms with Crippen LogP contribution in [0.15, 0.2) is 194 Å². The number of allylic oxidation sites excluding steroid dienone is 1. The number of amides is 3. The van der Waals surface area contributed by atoms with Crippen LogP contribution in [-0.2, 0) is 37.8 Å². The molecule has 1 fully saturated rings. The molecule has 12 heteroatoms. The van der Waals surface area contributed by atoms with Gasteiger partial charge in [-0.25, -0.2) is 0 Å². The van der Waals surface area contributed by atoms with Crippen molar-refractivity contribution >= 4 is 55.5 Å². The topological polar surface area (TPSA) is 123 Å². The van der Waals surface area contributed by atoms with Crippen LogP contribution in [0.2, 0.25) is 18.1 Å². The lowest BCUT2D eigenvalue weighted by atomic mass is 9.84. The van der Waals surface area contributed by atoms with Crippen LogP contribution in [0.25, 0.3) is 0 Å². The lowest BCUT2D eigenvalue weighted by Crippen LogP contribution is -2.60. The Labute approximate surface area is 473 Å². The number of ether oxygens (including phenoxy) is 1. The molecule has 0 radical (unpaired) electrons. The highest BCUT2D eigenvalue weighted by Crippen LogP contribution is 2.50. The lowest BCUT2D eigenvalue weighted by Gasteiger charge is -2.42. The summed E-state index contributed by atoms with van der Waals surface area (Å²) in [5.74, 6) is -1.67. The van der Waals surface area contributed by atoms with E-state index in [1.165, 1.54) is 0 Å². The normalized spacial score (nSPS) is 19.6. The molecule has 78 heavy (non-hydrogen) atoms. The second-order valence-electron chi connectivity index (χ2n) is 22.4. The maximum absolute atomic E-state index is 15.3. The number of esters is 1. The molecule has 6 aromatic carbocycles. The first-order valence-electron chi connectivity index (χ1n) is 27.4. The van der Waals surface area contributed by atoms with Crippen LogP contribution in [0.4, 0.5) is 0 Å². The molecule has 410 valence electrons. The maximum Gasteiger partial charge on any atom is 0.309 e. The highest BCUT2D eigenvalue weighted by Gasteiger charge is 2.45. The largest absolute Gasteiger partial charge is 0.457 e. The number of benzene rings is 6. The van der Waals surface area contributed by atoms with Crippen molar-refractivity contribution < 1.29 is 28.3 Å². The zero-order valence-electron chi connectivity index (χ0n) is 46.8. The molecule has 9 nitrogen and oxygen atoms in total. The number of rotatable bonds is 18. The summed E-state index contributed by atoms with van der Waals surface area (Å²) in [6, 6.07) is 59.4. The van der Waals surface area contributed by atoms with Gasteiger partial charge in [0.25, 0.3) is 0 Å². The summed E-state index contributed by atoms with van der Waals surface area (Å²) in [6.45, 7) is 18.4. The molecule has 0 spiro atoms. The van der Waals surface area contributed by atoms with Gasteiger partial charge in [-0.2, -0.15) is 0 Å². The van der Waals surface area contributed by atoms with Gasteiger partial charge in [0.15, 0.2) is 8.32 Å². The van der Waals surface area contributed by atoms with Crippen LogP contribution in [-0.4, -0.2) is 73.8 Å². The summed E-state index contributed by atoms with van der Waals surface area (Å²) >= 11 is 3.39. The second kappa shape index (κ2) is 27.1. The van der Waals surface area contributed by atoms with E-state index >= 15 is 4.79 Å². The van der Waals surface area contributed by atoms with E-state index in [9.17, 15) is 14.4 Å². The Kier molecular flexibility index (Phi) is 20.7. The van der Waals surface area contributed by atoms with E-state index in [2.05, 4.69) is 159 Å². The molecule has 3 N–H and O–H groups in total. The fourth-order valence-electron chi connectivity index (χ4n) is 9.95. The molecule has 0 unspecified atom stereocenters. The molecular weight excluding hydrogens is 1020 g/mol. The van der Waals surface area contributed by atoms with Crippen molar-refractivity contribution in [2.45, 2.75) is 126 Å². The molecule has 0 bridgehead atoms. The summed E-state index contributed by atoms with van der Waals surface area (Å²) in [7, 11) is -2.61. The molecule has 0 saturated carbocycles. The second-order valence-corrected chi connectivity index (χ2v) is 29.7. The Morgan fingerprint density at radius 3 is 1.36 bits per heavy atom. The minimum atomic E-state index is -2.61. The maximum atomic E-state index is 15.3. The summed E-state index contributed by atoms with van der Waals surface area (Å²) in [5, 5.41) is 9.23. The van der Waals surface area contributed by atoms with E-state index in [1.807, 2.05) is 118 Å². The fourth-order valence-corrected chi connectivity index (χ4v) is 14.3. The highest BCUT2D eigenvalue weighted by atomic mass is 32.2. The quantitative estimate of drug-likeness (QED) is 0.0256. The van der Waals surface area contributed by atoms with Crippen molar-refractivity contribution in [1.82, 2.24) is 16.0 Å². The summed E-state index contributed by atoms with van der Waals surface area (Å²) in [5.41, 5.74) is 6.49. The molecule has 6 aromatic rings. The summed E-state index contributed by atoms with van der Waals surface area (Å²) in [4.78, 5) is 59.1. The summed E-state index contributed by atoms with van der Waals surface area (Å²) < 4.78 is 12.1. The van der Waals surface area contributed by atoms with Gasteiger partial charge in [0, 0.05) is 5.75 Å². The zero-order chi connectivity index (χ0) is 55.9. The number of carbonyl (C=O) groups is 4. The predicted octanol–water partition coefficient (Wildman–Crippen LogP) is 13.2. The van der Waals surface area contributed by atoms with Gasteiger partial charge in [-0.3, -0.25) is 19.2 Å². The molecular formula is C66H79N3O6S2Si. The van der Waals surface area contributed by atoms with Crippen molar-refractivity contribution in [3.63, 3.8) is 0 Å². The number of nitrogens with one attached hydrogen (secondary N) is 3. The molecule has 1 saturated heterocycles. The van der Waals surface area contributed by atoms with Crippen molar-refractivity contribution in [1.29, 1.82) is 0 Å². The predicted molar refractivity (Wildman–Crippen MR) is 324 cm³/mol. The molecule has 0 aliphatic carbocycles. The van der Waals surface area contributed by atoms with Gasteiger partial charge in [-0.15, -0.1) is 23.5 Å². The SMILES string of the molecule is CC(C)[C@H]1NC(=O)[C@@H](CSC(c2ccccc2)(c2ccccc2)c2ccccc2)NC(=O)[C@@H](C(C)C)NC(=O)C[C@@H](/C=C/CCSC(c2ccccc2)(c2ccccc2)c2ccccc2)OC(=O)C[C@@H]1O[Si](C)(C)C(C)(C)C. The van der Waals surface area contributed by atoms with Crippen LogP contribution >= 0.6 is 23.5 Å². The fraction of sp³-hybridized carbons (Fsp3) is 0.364. The first kappa shape index (κ1) is 59.5. The minimum Gasteiger partial charge on any atom is -0.457 e. The number of hydrogen-bond donors (Lipinski definition) is 3. The minimum absolute atomic E-state index is 0.143. The first-order valence-corrected chi connectivity index (χ1v) is 32.3. The molecule has 1 aliphatic heterocycles. The third-order valence-electron chi connectivity index (χ3n) is 15.1. The molecule has 5 atom stereocenters. The van der Waals surface area contributed by atoms with E-state index in [1.54, 1.807) is 17.8 Å². The Hall–Kier alpha value is -6.18. The third-order valence-corrected chi connectivity index (χ3v) is 22.8. The standard InChI is InChI=1S/C66H79N3O6S2Si/c1-47(2)60-57(75-78(8,9)64(5,6)7)45-59(71)74-55(42-28-29-43-76-65(49-30-16-10-17-31-49,50-32-18-11-19-33-50)51-34-20-12-21-35-51)44-58(70)68-61(48(3)4)63(73)67-56(62(72)69-60)46-77-66(52-36-22-13-23-37-52,53-38-24-14-25-39-53)54-40-26-15-27-41-54/h10-28,30-42,47-48,55-57,60-61H,29,43-46H2,1-9H3,(H,67,73)(H,68,70)(H,69,72)/b42-28+/t55-,56-,57+,60-,61-/m1/s1. The first-order chi connectivity index (χ1) is 37.4. The highest BCUT2D eigenvalue weighted by molar-refractivity contribution is 8.00. The van der Waals surface area contributed by atoms with E-state index in [4.69, 9.17) is 9.16 Å². The summed E-state index contributed by atoms with van der Waals surface area (Å²) in [6.07, 6.45) is 2.22. The third kappa shape index (κ3) is 14.5. The van der Waals surface area contributed by atoms with Crippen molar-refractivity contribution in [2.75, 3.05) is 11.5 Å². The number of thioether (sulfide) groups is 2. The van der Waals surface area contributed by atoms with Crippen molar-refractivity contribution in [2.24, 2.45) is 11.8 Å². The van der Waals surface area contributed by atoms with Crippen LogP contribution in [0, 0.1) is 11.8 Å². The van der Waals surface area contributed by atoms with Gasteiger partial charge >= 0.3 is 5.97 Å². The number of cyclic esters (lactones) is 1. The molecule has 7 rings (SSSR count). The van der Waals surface area contributed by atoms with E-state index < -0.39 is 71.8 Å². The number of hydrogen-bond acceptors (Lipinski definition) is 8. The smallest absolute Gasteiger partial charge is 0.309 e. The average Bonchev–Trinajstić information content (AvgIpc) is 3.62. The van der Waals surface area contributed by atoms with E-state index in [0.717, 1.165) is 33.4 Å². The van der Waals surface area contributed by atoms with E-state index in [-0.39, 0.29) is 35.5 Å². The Balaban J connectivity index is 1.23. The van der Waals surface area contributed by atoms with Crippen LogP contribution in [0.5, 0.6) is 0 Å². The van der Waals surface area contributed by atoms with Gasteiger partial charge < -0.3 is 25.1 Å². The number of carbonyl (C=O) groups excluding carboxylic acids is 4. The Morgan fingerprint density at radius 1 is 0.564 bits per heavy atom.